The largest absolute Gasteiger partial charge is 0.355 e. The maximum Gasteiger partial charge on any atom is 0.237 e. The van der Waals surface area contributed by atoms with E-state index in [1.807, 2.05) is 27.1 Å². The molecule has 0 aliphatic heterocycles. The molecule has 0 aromatic carbocycles. The lowest BCUT2D eigenvalue weighted by molar-refractivity contribution is -0.123. The van der Waals surface area contributed by atoms with Crippen molar-refractivity contribution in [1.82, 2.24) is 10.2 Å². The molecule has 1 amide bonds. The van der Waals surface area contributed by atoms with Crippen molar-refractivity contribution in [3.8, 4) is 6.07 Å². The average Bonchev–Trinajstić information content (AvgIpc) is 2.20. The summed E-state index contributed by atoms with van der Waals surface area (Å²) in [7, 11) is 3.99. The van der Waals surface area contributed by atoms with Crippen LogP contribution in [0.5, 0.6) is 0 Å². The van der Waals surface area contributed by atoms with Crippen LogP contribution < -0.4 is 5.32 Å². The molecule has 86 valence electrons. The van der Waals surface area contributed by atoms with E-state index in [1.165, 1.54) is 0 Å². The summed E-state index contributed by atoms with van der Waals surface area (Å²) in [4.78, 5) is 13.5. The van der Waals surface area contributed by atoms with Crippen LogP contribution in [0.15, 0.2) is 0 Å². The zero-order chi connectivity index (χ0) is 11.7. The van der Waals surface area contributed by atoms with Gasteiger partial charge in [0.15, 0.2) is 0 Å². The van der Waals surface area contributed by atoms with Crippen LogP contribution in [0.25, 0.3) is 0 Å². The van der Waals surface area contributed by atoms with Gasteiger partial charge >= 0.3 is 0 Å². The van der Waals surface area contributed by atoms with Gasteiger partial charge in [-0.15, -0.1) is 0 Å². The normalized spacial score (nSPS) is 12.2. The second kappa shape index (κ2) is 8.25. The van der Waals surface area contributed by atoms with Crippen molar-refractivity contribution in [3.05, 3.63) is 0 Å². The molecule has 1 atom stereocenters. The molecular formula is C11H21N3O. The van der Waals surface area contributed by atoms with Gasteiger partial charge in [-0.25, -0.2) is 0 Å². The number of nitriles is 1. The zero-order valence-corrected chi connectivity index (χ0v) is 9.92. The standard InChI is InChI=1S/C11H21N3O/c1-4-6-10(9-12)11(15)13-7-5-8-14(2)3/h10H,4-8H2,1-3H3,(H,13,15). The highest BCUT2D eigenvalue weighted by molar-refractivity contribution is 5.80. The third-order valence-corrected chi connectivity index (χ3v) is 2.13. The minimum atomic E-state index is -0.477. The number of carbonyl (C=O) groups is 1. The Morgan fingerprint density at radius 1 is 1.53 bits per heavy atom. The molecule has 0 aromatic rings. The Bertz CT molecular complexity index is 220. The summed E-state index contributed by atoms with van der Waals surface area (Å²) < 4.78 is 0. The van der Waals surface area contributed by atoms with E-state index in [2.05, 4.69) is 10.2 Å². The van der Waals surface area contributed by atoms with E-state index in [0.29, 0.717) is 13.0 Å². The third-order valence-electron chi connectivity index (χ3n) is 2.13. The van der Waals surface area contributed by atoms with Crippen molar-refractivity contribution in [2.45, 2.75) is 26.2 Å². The van der Waals surface area contributed by atoms with Crippen molar-refractivity contribution in [2.75, 3.05) is 27.2 Å². The first-order chi connectivity index (χ1) is 7.11. The lowest BCUT2D eigenvalue weighted by Gasteiger charge is -2.11. The summed E-state index contributed by atoms with van der Waals surface area (Å²) in [6, 6.07) is 2.03. The monoisotopic (exact) mass is 211 g/mol. The topological polar surface area (TPSA) is 56.1 Å². The Kier molecular flexibility index (Phi) is 7.65. The van der Waals surface area contributed by atoms with Gasteiger partial charge in [-0.1, -0.05) is 13.3 Å². The molecular weight excluding hydrogens is 190 g/mol. The lowest BCUT2D eigenvalue weighted by atomic mass is 10.1. The summed E-state index contributed by atoms with van der Waals surface area (Å²) >= 11 is 0. The SMILES string of the molecule is CCCC(C#N)C(=O)NCCCN(C)C. The predicted octanol–water partition coefficient (Wildman–Crippen LogP) is 0.994. The van der Waals surface area contributed by atoms with E-state index < -0.39 is 5.92 Å². The molecule has 1 unspecified atom stereocenters. The number of nitrogens with zero attached hydrogens (tertiary/aromatic N) is 2. The zero-order valence-electron chi connectivity index (χ0n) is 9.92. The number of carbonyl (C=O) groups excluding carboxylic acids is 1. The Morgan fingerprint density at radius 2 is 2.20 bits per heavy atom. The molecule has 0 bridgehead atoms. The Hall–Kier alpha value is -1.08. The van der Waals surface area contributed by atoms with Crippen molar-refractivity contribution in [3.63, 3.8) is 0 Å². The molecule has 0 aliphatic carbocycles. The van der Waals surface area contributed by atoms with Gasteiger partial charge in [-0.2, -0.15) is 5.26 Å². The van der Waals surface area contributed by atoms with Gasteiger partial charge in [0.25, 0.3) is 0 Å². The molecule has 0 aromatic heterocycles. The fraction of sp³-hybridized carbons (Fsp3) is 0.818. The molecule has 4 heteroatoms. The quantitative estimate of drug-likeness (QED) is 0.639. The highest BCUT2D eigenvalue weighted by Crippen LogP contribution is 2.04. The number of hydrogen-bond donors (Lipinski definition) is 1. The third kappa shape index (κ3) is 6.92. The van der Waals surface area contributed by atoms with E-state index in [4.69, 9.17) is 5.26 Å². The predicted molar refractivity (Wildman–Crippen MR) is 60.2 cm³/mol. The summed E-state index contributed by atoms with van der Waals surface area (Å²) in [5.74, 6) is -0.604. The molecule has 0 heterocycles. The summed E-state index contributed by atoms with van der Waals surface area (Å²) in [6.07, 6.45) is 2.43. The van der Waals surface area contributed by atoms with Crippen LogP contribution in [0.4, 0.5) is 0 Å². The second-order valence-electron chi connectivity index (χ2n) is 3.92. The molecule has 0 saturated heterocycles. The van der Waals surface area contributed by atoms with Gasteiger partial charge in [0.2, 0.25) is 5.91 Å². The van der Waals surface area contributed by atoms with Crippen molar-refractivity contribution >= 4 is 5.91 Å². The number of nitrogens with one attached hydrogen (secondary N) is 1. The van der Waals surface area contributed by atoms with Gasteiger partial charge in [0, 0.05) is 6.54 Å². The fourth-order valence-electron chi connectivity index (χ4n) is 1.27. The second-order valence-corrected chi connectivity index (χ2v) is 3.92. The van der Waals surface area contributed by atoms with Crippen LogP contribution in [0.1, 0.15) is 26.2 Å². The Labute approximate surface area is 92.3 Å². The molecule has 0 rings (SSSR count). The maximum atomic E-state index is 11.5. The minimum Gasteiger partial charge on any atom is -0.355 e. The highest BCUT2D eigenvalue weighted by atomic mass is 16.1. The fourth-order valence-corrected chi connectivity index (χ4v) is 1.27. The van der Waals surface area contributed by atoms with Gasteiger partial charge < -0.3 is 10.2 Å². The number of hydrogen-bond acceptors (Lipinski definition) is 3. The molecule has 0 aliphatic rings. The van der Waals surface area contributed by atoms with Crippen LogP contribution in [0.3, 0.4) is 0 Å². The first-order valence-electron chi connectivity index (χ1n) is 5.43. The van der Waals surface area contributed by atoms with Crippen LogP contribution >= 0.6 is 0 Å². The van der Waals surface area contributed by atoms with Gasteiger partial charge in [-0.05, 0) is 33.5 Å². The molecule has 0 fully saturated rings. The average molecular weight is 211 g/mol. The summed E-state index contributed by atoms with van der Waals surface area (Å²) in [5, 5.41) is 11.5. The highest BCUT2D eigenvalue weighted by Gasteiger charge is 2.15. The number of amides is 1. The van der Waals surface area contributed by atoms with Gasteiger partial charge in [0.1, 0.15) is 5.92 Å². The molecule has 1 N–H and O–H groups in total. The maximum absolute atomic E-state index is 11.5. The molecule has 4 nitrogen and oxygen atoms in total. The summed E-state index contributed by atoms with van der Waals surface area (Å²) in [5.41, 5.74) is 0. The van der Waals surface area contributed by atoms with Gasteiger partial charge in [-0.3, -0.25) is 4.79 Å². The van der Waals surface area contributed by atoms with Crippen molar-refractivity contribution in [2.24, 2.45) is 5.92 Å². The van der Waals surface area contributed by atoms with E-state index >= 15 is 0 Å². The van der Waals surface area contributed by atoms with E-state index in [1.54, 1.807) is 0 Å². The smallest absolute Gasteiger partial charge is 0.237 e. The Balaban J connectivity index is 3.68. The van der Waals surface area contributed by atoms with Crippen molar-refractivity contribution < 1.29 is 4.79 Å². The van der Waals surface area contributed by atoms with Crippen LogP contribution in [0.2, 0.25) is 0 Å². The van der Waals surface area contributed by atoms with Crippen LogP contribution in [0, 0.1) is 17.2 Å². The molecule has 15 heavy (non-hydrogen) atoms. The lowest BCUT2D eigenvalue weighted by Crippen LogP contribution is -2.32. The molecule has 0 saturated carbocycles. The van der Waals surface area contributed by atoms with E-state index in [-0.39, 0.29) is 5.91 Å². The van der Waals surface area contributed by atoms with Crippen LogP contribution in [-0.4, -0.2) is 38.0 Å². The van der Waals surface area contributed by atoms with Crippen molar-refractivity contribution in [1.29, 1.82) is 5.26 Å². The molecule has 0 spiro atoms. The first kappa shape index (κ1) is 13.9. The Morgan fingerprint density at radius 3 is 2.67 bits per heavy atom. The minimum absolute atomic E-state index is 0.127. The van der Waals surface area contributed by atoms with E-state index in [0.717, 1.165) is 19.4 Å². The van der Waals surface area contributed by atoms with Crippen LogP contribution in [-0.2, 0) is 4.79 Å². The number of rotatable bonds is 7. The van der Waals surface area contributed by atoms with Gasteiger partial charge in [0.05, 0.1) is 6.07 Å². The molecule has 0 radical (unpaired) electrons. The van der Waals surface area contributed by atoms with E-state index in [9.17, 15) is 4.79 Å². The first-order valence-corrected chi connectivity index (χ1v) is 5.43. The summed E-state index contributed by atoms with van der Waals surface area (Å²) in [6.45, 7) is 3.58.